The topological polar surface area (TPSA) is 38.5 Å². The van der Waals surface area contributed by atoms with E-state index in [1.807, 2.05) is 18.2 Å². The van der Waals surface area contributed by atoms with E-state index in [2.05, 4.69) is 4.90 Å². The van der Waals surface area contributed by atoms with Crippen LogP contribution in [0.5, 0.6) is 5.75 Å². The maximum Gasteiger partial charge on any atom is 0.123 e. The highest BCUT2D eigenvalue weighted by Gasteiger charge is 2.42. The van der Waals surface area contributed by atoms with Crippen LogP contribution in [0.1, 0.15) is 18.4 Å². The lowest BCUT2D eigenvalue weighted by Crippen LogP contribution is -2.42. The number of fused-ring (bicyclic) bond motifs is 1. The van der Waals surface area contributed by atoms with E-state index in [1.165, 1.54) is 5.56 Å². The van der Waals surface area contributed by atoms with Crippen molar-refractivity contribution in [2.45, 2.75) is 24.9 Å². The Labute approximate surface area is 113 Å². The summed E-state index contributed by atoms with van der Waals surface area (Å²) in [6, 6.07) is 5.94. The molecule has 1 aromatic rings. The largest absolute Gasteiger partial charge is 0.486 e. The summed E-state index contributed by atoms with van der Waals surface area (Å²) < 4.78 is 6.27. The number of aryl methyl sites for hydroxylation is 1. The van der Waals surface area contributed by atoms with Gasteiger partial charge in [0.05, 0.1) is 0 Å². The Balaban J connectivity index is 1.77. The zero-order valence-electron chi connectivity index (χ0n) is 10.5. The first kappa shape index (κ1) is 12.3. The Morgan fingerprint density at radius 3 is 3.11 bits per heavy atom. The van der Waals surface area contributed by atoms with Crippen molar-refractivity contribution in [3.8, 4) is 5.75 Å². The molecule has 1 spiro atoms. The number of rotatable bonds is 2. The minimum absolute atomic E-state index is 0.00992. The highest BCUT2D eigenvalue weighted by molar-refractivity contribution is 6.30. The zero-order chi connectivity index (χ0) is 12.6. The smallest absolute Gasteiger partial charge is 0.123 e. The summed E-state index contributed by atoms with van der Waals surface area (Å²) in [4.78, 5) is 2.40. The molecule has 3 rings (SSSR count). The number of ether oxygens (including phenoxy) is 1. The molecule has 2 heterocycles. The molecule has 0 saturated carbocycles. The number of nitrogens with zero attached hydrogens (tertiary/aromatic N) is 1. The number of halogens is 1. The van der Waals surface area contributed by atoms with Crippen molar-refractivity contribution in [3.63, 3.8) is 0 Å². The van der Waals surface area contributed by atoms with Crippen LogP contribution in [0.25, 0.3) is 0 Å². The zero-order valence-corrected chi connectivity index (χ0v) is 11.2. The third kappa shape index (κ3) is 2.22. The van der Waals surface area contributed by atoms with Gasteiger partial charge >= 0.3 is 0 Å². The van der Waals surface area contributed by atoms with Gasteiger partial charge < -0.3 is 10.5 Å². The van der Waals surface area contributed by atoms with Crippen LogP contribution in [0.3, 0.4) is 0 Å². The van der Waals surface area contributed by atoms with Crippen molar-refractivity contribution in [2.75, 3.05) is 26.2 Å². The fourth-order valence-electron chi connectivity index (χ4n) is 3.08. The lowest BCUT2D eigenvalue weighted by Gasteiger charge is -2.35. The third-order valence-corrected chi connectivity index (χ3v) is 4.27. The minimum atomic E-state index is 0.00992. The summed E-state index contributed by atoms with van der Waals surface area (Å²) in [6.45, 7) is 3.80. The van der Waals surface area contributed by atoms with Crippen molar-refractivity contribution in [2.24, 2.45) is 5.73 Å². The van der Waals surface area contributed by atoms with E-state index in [9.17, 15) is 0 Å². The highest BCUT2D eigenvalue weighted by Crippen LogP contribution is 2.39. The van der Waals surface area contributed by atoms with E-state index >= 15 is 0 Å². The molecule has 4 heteroatoms. The molecule has 0 amide bonds. The van der Waals surface area contributed by atoms with Crippen LogP contribution in [-0.4, -0.2) is 36.7 Å². The quantitative estimate of drug-likeness (QED) is 0.891. The SMILES string of the molecule is NCCN1CCC2(CCc3cc(Cl)ccc3O2)C1. The Hall–Kier alpha value is -0.770. The lowest BCUT2D eigenvalue weighted by molar-refractivity contribution is 0.0549. The van der Waals surface area contributed by atoms with E-state index in [4.69, 9.17) is 22.1 Å². The molecule has 18 heavy (non-hydrogen) atoms. The summed E-state index contributed by atoms with van der Waals surface area (Å²) >= 11 is 6.01. The van der Waals surface area contributed by atoms with E-state index < -0.39 is 0 Å². The van der Waals surface area contributed by atoms with Crippen molar-refractivity contribution < 1.29 is 4.74 Å². The number of likely N-dealkylation sites (tertiary alicyclic amines) is 1. The Kier molecular flexibility index (Phi) is 3.22. The maximum absolute atomic E-state index is 6.27. The predicted octanol–water partition coefficient (Wildman–Crippen LogP) is 2.07. The van der Waals surface area contributed by atoms with Gasteiger partial charge in [-0.25, -0.2) is 0 Å². The average Bonchev–Trinajstić information content (AvgIpc) is 2.74. The van der Waals surface area contributed by atoms with Gasteiger partial charge in [0.2, 0.25) is 0 Å². The van der Waals surface area contributed by atoms with Gasteiger partial charge in [0.25, 0.3) is 0 Å². The molecule has 1 saturated heterocycles. The van der Waals surface area contributed by atoms with Gasteiger partial charge in [-0.1, -0.05) is 11.6 Å². The van der Waals surface area contributed by atoms with Gasteiger partial charge in [-0.2, -0.15) is 0 Å². The van der Waals surface area contributed by atoms with Gasteiger partial charge in [0.1, 0.15) is 11.4 Å². The van der Waals surface area contributed by atoms with Crippen LogP contribution in [0, 0.1) is 0 Å². The Morgan fingerprint density at radius 2 is 2.28 bits per heavy atom. The monoisotopic (exact) mass is 266 g/mol. The van der Waals surface area contributed by atoms with Gasteiger partial charge in [-0.15, -0.1) is 0 Å². The third-order valence-electron chi connectivity index (χ3n) is 4.04. The minimum Gasteiger partial charge on any atom is -0.486 e. The highest BCUT2D eigenvalue weighted by atomic mass is 35.5. The molecule has 0 bridgehead atoms. The van der Waals surface area contributed by atoms with Crippen LogP contribution in [0.4, 0.5) is 0 Å². The molecular weight excluding hydrogens is 248 g/mol. The standard InChI is InChI=1S/C14H19ClN2O/c15-12-1-2-13-11(9-12)3-4-14(18-13)5-7-17(10-14)8-6-16/h1-2,9H,3-8,10,16H2. The average molecular weight is 267 g/mol. The van der Waals surface area contributed by atoms with E-state index in [-0.39, 0.29) is 5.60 Å². The van der Waals surface area contributed by atoms with Crippen LogP contribution >= 0.6 is 11.6 Å². The molecule has 2 aliphatic rings. The van der Waals surface area contributed by atoms with Gasteiger partial charge in [-0.05, 0) is 36.6 Å². The molecule has 0 aromatic heterocycles. The molecule has 1 fully saturated rings. The molecule has 1 unspecified atom stereocenters. The second-order valence-corrected chi connectivity index (χ2v) is 5.79. The fraction of sp³-hybridized carbons (Fsp3) is 0.571. The second-order valence-electron chi connectivity index (χ2n) is 5.35. The van der Waals surface area contributed by atoms with Crippen molar-refractivity contribution in [3.05, 3.63) is 28.8 Å². The first-order chi connectivity index (χ1) is 8.71. The fourth-order valence-corrected chi connectivity index (χ4v) is 3.27. The molecule has 2 aliphatic heterocycles. The van der Waals surface area contributed by atoms with Gasteiger partial charge in [0.15, 0.2) is 0 Å². The molecule has 1 atom stereocenters. The van der Waals surface area contributed by atoms with Crippen molar-refractivity contribution in [1.82, 2.24) is 4.90 Å². The van der Waals surface area contributed by atoms with Crippen LogP contribution in [-0.2, 0) is 6.42 Å². The number of nitrogens with two attached hydrogens (primary N) is 1. The van der Waals surface area contributed by atoms with Gasteiger partial charge in [-0.3, -0.25) is 4.90 Å². The van der Waals surface area contributed by atoms with E-state index in [0.29, 0.717) is 0 Å². The first-order valence-electron chi connectivity index (χ1n) is 6.61. The van der Waals surface area contributed by atoms with E-state index in [1.54, 1.807) is 0 Å². The molecule has 2 N–H and O–H groups in total. The van der Waals surface area contributed by atoms with E-state index in [0.717, 1.165) is 56.2 Å². The normalized spacial score (nSPS) is 27.2. The predicted molar refractivity (Wildman–Crippen MR) is 73.2 cm³/mol. The summed E-state index contributed by atoms with van der Waals surface area (Å²) in [5.41, 5.74) is 6.87. The molecule has 98 valence electrons. The Morgan fingerprint density at radius 1 is 1.39 bits per heavy atom. The first-order valence-corrected chi connectivity index (χ1v) is 6.98. The number of hydrogen-bond acceptors (Lipinski definition) is 3. The molecule has 0 aliphatic carbocycles. The number of benzene rings is 1. The molecular formula is C14H19ClN2O. The van der Waals surface area contributed by atoms with Crippen LogP contribution in [0.2, 0.25) is 5.02 Å². The summed E-state index contributed by atoms with van der Waals surface area (Å²) in [7, 11) is 0. The summed E-state index contributed by atoms with van der Waals surface area (Å²) in [5.74, 6) is 1.01. The number of hydrogen-bond donors (Lipinski definition) is 1. The molecule has 1 aromatic carbocycles. The van der Waals surface area contributed by atoms with Crippen LogP contribution in [0.15, 0.2) is 18.2 Å². The van der Waals surface area contributed by atoms with Crippen molar-refractivity contribution in [1.29, 1.82) is 0 Å². The van der Waals surface area contributed by atoms with Crippen molar-refractivity contribution >= 4 is 11.6 Å². The Bertz CT molecular complexity index is 451. The molecule has 3 nitrogen and oxygen atoms in total. The molecule has 0 radical (unpaired) electrons. The van der Waals surface area contributed by atoms with Gasteiger partial charge in [0, 0.05) is 37.6 Å². The lowest BCUT2D eigenvalue weighted by atomic mass is 9.90. The van der Waals surface area contributed by atoms with Crippen LogP contribution < -0.4 is 10.5 Å². The summed E-state index contributed by atoms with van der Waals surface area (Å²) in [6.07, 6.45) is 3.25. The summed E-state index contributed by atoms with van der Waals surface area (Å²) in [5, 5.41) is 0.796. The second kappa shape index (κ2) is 4.72. The maximum atomic E-state index is 6.27.